The van der Waals surface area contributed by atoms with E-state index in [9.17, 15) is 14.0 Å². The SMILES string of the molecule is C=CCC(=O)NC1CCCC1.CC1=C(C)Sc2ccccc2C(c2ccc(F)cc2)=N1.CC1=C(C/C=C\CC=O)Sc2ccccc2C(c2cccc(Cl)c2)=N1.CNC1CCCC1. The summed E-state index contributed by atoms with van der Waals surface area (Å²) in [6.07, 6.45) is 18.7. The highest BCUT2D eigenvalue weighted by Crippen LogP contribution is 2.39. The van der Waals surface area contributed by atoms with Crippen LogP contribution in [-0.2, 0) is 9.59 Å². The Morgan fingerprint density at radius 2 is 1.35 bits per heavy atom. The van der Waals surface area contributed by atoms with Gasteiger partial charge in [0, 0.05) is 83.2 Å². The highest BCUT2D eigenvalue weighted by Gasteiger charge is 2.20. The number of amides is 1. The number of aldehydes is 1. The number of benzene rings is 4. The van der Waals surface area contributed by atoms with E-state index in [0.29, 0.717) is 23.9 Å². The largest absolute Gasteiger partial charge is 0.353 e. The first-order valence-corrected chi connectivity index (χ1v) is 23.9. The van der Waals surface area contributed by atoms with Gasteiger partial charge in [-0.25, -0.2) is 4.39 Å². The van der Waals surface area contributed by atoms with E-state index in [4.69, 9.17) is 21.6 Å². The fraction of sp³-hybridized carbons (Fsp3) is 0.321. The van der Waals surface area contributed by atoms with Gasteiger partial charge in [0.15, 0.2) is 0 Å². The van der Waals surface area contributed by atoms with Crippen LogP contribution in [0, 0.1) is 5.82 Å². The first-order chi connectivity index (χ1) is 30.6. The second-order valence-corrected chi connectivity index (χ2v) is 18.5. The van der Waals surface area contributed by atoms with Crippen LogP contribution in [0.1, 0.15) is 114 Å². The highest BCUT2D eigenvalue weighted by molar-refractivity contribution is 8.03. The summed E-state index contributed by atoms with van der Waals surface area (Å²) in [5.74, 6) is -0.110. The smallest absolute Gasteiger partial charge is 0.224 e. The number of carbonyl (C=O) groups is 2. The number of nitrogens with one attached hydrogen (secondary N) is 2. The van der Waals surface area contributed by atoms with Crippen LogP contribution < -0.4 is 10.6 Å². The van der Waals surface area contributed by atoms with Crippen molar-refractivity contribution in [2.24, 2.45) is 9.98 Å². The number of fused-ring (bicyclic) bond motifs is 2. The van der Waals surface area contributed by atoms with Crippen LogP contribution in [-0.4, -0.2) is 42.7 Å². The summed E-state index contributed by atoms with van der Waals surface area (Å²) in [5.41, 5.74) is 8.00. The molecule has 0 radical (unpaired) electrons. The molecule has 2 fully saturated rings. The molecule has 6 nitrogen and oxygen atoms in total. The third-order valence-electron chi connectivity index (χ3n) is 11.0. The van der Waals surface area contributed by atoms with Crippen LogP contribution in [0.4, 0.5) is 4.39 Å². The van der Waals surface area contributed by atoms with Gasteiger partial charge in [-0.2, -0.15) is 0 Å². The zero-order valence-corrected chi connectivity index (χ0v) is 39.4. The molecule has 0 aromatic heterocycles. The summed E-state index contributed by atoms with van der Waals surface area (Å²) in [4.78, 5) is 35.9. The first-order valence-electron chi connectivity index (χ1n) is 21.9. The van der Waals surface area contributed by atoms with E-state index in [1.54, 1.807) is 41.7 Å². The molecule has 63 heavy (non-hydrogen) atoms. The van der Waals surface area contributed by atoms with Gasteiger partial charge in [0.25, 0.3) is 0 Å². The molecule has 330 valence electrons. The number of rotatable bonds is 10. The predicted octanol–water partition coefficient (Wildman–Crippen LogP) is 13.8. The number of nitrogens with zero attached hydrogens (tertiary/aromatic N) is 2. The lowest BCUT2D eigenvalue weighted by Crippen LogP contribution is -2.31. The predicted molar refractivity (Wildman–Crippen MR) is 266 cm³/mol. The second-order valence-electron chi connectivity index (χ2n) is 15.7. The van der Waals surface area contributed by atoms with Gasteiger partial charge in [-0.15, -0.1) is 6.58 Å². The van der Waals surface area contributed by atoms with Crippen LogP contribution in [0.2, 0.25) is 5.02 Å². The Labute approximate surface area is 387 Å². The number of carbonyl (C=O) groups excluding carboxylic acids is 2. The Hall–Kier alpha value is -4.80. The lowest BCUT2D eigenvalue weighted by Gasteiger charge is -2.10. The summed E-state index contributed by atoms with van der Waals surface area (Å²) in [6, 6.07) is 32.1. The molecule has 8 rings (SSSR count). The molecular formula is C53H60ClFN4O2S2. The van der Waals surface area contributed by atoms with Crippen molar-refractivity contribution in [1.82, 2.24) is 10.6 Å². The average Bonchev–Trinajstić information content (AvgIpc) is 3.98. The highest BCUT2D eigenvalue weighted by atomic mass is 35.5. The average molecular weight is 904 g/mol. The molecule has 4 aliphatic rings. The van der Waals surface area contributed by atoms with E-state index in [1.807, 2.05) is 74.5 Å². The molecule has 0 spiro atoms. The van der Waals surface area contributed by atoms with Crippen LogP contribution in [0.3, 0.4) is 0 Å². The topological polar surface area (TPSA) is 82.9 Å². The summed E-state index contributed by atoms with van der Waals surface area (Å²) in [7, 11) is 2.05. The maximum absolute atomic E-state index is 13.1. The zero-order chi connectivity index (χ0) is 45.0. The molecular weight excluding hydrogens is 843 g/mol. The van der Waals surface area contributed by atoms with Crippen molar-refractivity contribution in [2.45, 2.75) is 113 Å². The van der Waals surface area contributed by atoms with Gasteiger partial charge < -0.3 is 15.4 Å². The van der Waals surface area contributed by atoms with Crippen LogP contribution in [0.25, 0.3) is 0 Å². The van der Waals surface area contributed by atoms with Gasteiger partial charge in [0.1, 0.15) is 12.1 Å². The normalized spacial score (nSPS) is 16.1. The molecule has 0 atom stereocenters. The van der Waals surface area contributed by atoms with E-state index >= 15 is 0 Å². The maximum Gasteiger partial charge on any atom is 0.224 e. The third kappa shape index (κ3) is 15.5. The summed E-state index contributed by atoms with van der Waals surface area (Å²) >= 11 is 9.66. The maximum atomic E-state index is 13.1. The van der Waals surface area contributed by atoms with E-state index in [-0.39, 0.29) is 11.7 Å². The fourth-order valence-corrected chi connectivity index (χ4v) is 9.66. The van der Waals surface area contributed by atoms with E-state index in [1.165, 1.54) is 70.3 Å². The van der Waals surface area contributed by atoms with Gasteiger partial charge in [-0.1, -0.05) is 128 Å². The molecule has 4 aromatic rings. The molecule has 2 aliphatic carbocycles. The fourth-order valence-electron chi connectivity index (χ4n) is 7.46. The van der Waals surface area contributed by atoms with Crippen molar-refractivity contribution in [3.63, 3.8) is 0 Å². The number of halogens is 2. The molecule has 2 heterocycles. The minimum absolute atomic E-state index is 0.118. The van der Waals surface area contributed by atoms with Gasteiger partial charge in [-0.05, 0) is 108 Å². The third-order valence-corrected chi connectivity index (χ3v) is 13.7. The Morgan fingerprint density at radius 1 is 0.762 bits per heavy atom. The Bertz CT molecular complexity index is 2320. The molecule has 0 bridgehead atoms. The molecule has 10 heteroatoms. The molecule has 1 amide bonds. The van der Waals surface area contributed by atoms with Crippen molar-refractivity contribution < 1.29 is 14.0 Å². The number of hydrogen-bond acceptors (Lipinski definition) is 7. The number of thioether (sulfide) groups is 2. The molecule has 2 N–H and O–H groups in total. The van der Waals surface area contributed by atoms with E-state index in [2.05, 4.69) is 55.4 Å². The van der Waals surface area contributed by atoms with Crippen molar-refractivity contribution in [2.75, 3.05) is 7.05 Å². The van der Waals surface area contributed by atoms with Gasteiger partial charge in [0.2, 0.25) is 5.91 Å². The minimum Gasteiger partial charge on any atom is -0.353 e. The van der Waals surface area contributed by atoms with Crippen molar-refractivity contribution in [3.05, 3.63) is 176 Å². The molecule has 0 unspecified atom stereocenters. The van der Waals surface area contributed by atoms with Crippen LogP contribution in [0.5, 0.6) is 0 Å². The second kappa shape index (κ2) is 26.1. The minimum atomic E-state index is -0.228. The molecule has 4 aromatic carbocycles. The zero-order valence-electron chi connectivity index (χ0n) is 37.0. The van der Waals surface area contributed by atoms with Gasteiger partial charge in [-0.3, -0.25) is 14.8 Å². The number of aliphatic imine (C=N–C) groups is 2. The lowest BCUT2D eigenvalue weighted by atomic mass is 10.0. The standard InChI is InChI=1S/C21H18ClNOS.C17H14FNS.C9H15NO.C6H13N/c1-15-19(11-3-2-6-13-24)25-20-12-5-4-10-18(20)21(23-15)16-8-7-9-17(22)14-16;1-11-12(2)20-16-6-4-3-5-15(16)17(19-11)13-7-9-14(18)10-8-13;1-2-5-9(11)10-8-6-3-4-7-8;1-7-6-4-2-3-5-6/h2-5,7-10,12-14H,6,11H2,1H3;3-10H,1-2H3;2,8H,1,3-7H2,(H,10,11);6-7H,2-5H2,1H3/b3-2-;;;. The lowest BCUT2D eigenvalue weighted by molar-refractivity contribution is -0.120. The monoisotopic (exact) mass is 902 g/mol. The Kier molecular flexibility index (Phi) is 20.4. The summed E-state index contributed by atoms with van der Waals surface area (Å²) in [6.45, 7) is 9.64. The van der Waals surface area contributed by atoms with Crippen molar-refractivity contribution >= 4 is 58.7 Å². The molecule has 2 saturated carbocycles. The molecule has 2 aliphatic heterocycles. The number of hydrogen-bond donors (Lipinski definition) is 2. The van der Waals surface area contributed by atoms with Crippen LogP contribution in [0.15, 0.2) is 163 Å². The number of allylic oxidation sites excluding steroid dienone is 6. The molecule has 0 saturated heterocycles. The van der Waals surface area contributed by atoms with Crippen molar-refractivity contribution in [3.8, 4) is 0 Å². The van der Waals surface area contributed by atoms with E-state index < -0.39 is 0 Å². The van der Waals surface area contributed by atoms with Gasteiger partial charge in [0.05, 0.1) is 11.4 Å². The first kappa shape index (κ1) is 49.2. The Morgan fingerprint density at radius 3 is 1.94 bits per heavy atom. The van der Waals surface area contributed by atoms with Gasteiger partial charge >= 0.3 is 0 Å². The van der Waals surface area contributed by atoms with E-state index in [0.717, 1.165) is 76.7 Å². The quantitative estimate of drug-likeness (QED) is 0.122. The summed E-state index contributed by atoms with van der Waals surface area (Å²) in [5, 5.41) is 6.94. The van der Waals surface area contributed by atoms with Crippen LogP contribution >= 0.6 is 35.1 Å². The Balaban J connectivity index is 0.000000174. The summed E-state index contributed by atoms with van der Waals surface area (Å²) < 4.78 is 13.1. The van der Waals surface area contributed by atoms with Crippen molar-refractivity contribution in [1.29, 1.82) is 0 Å².